The fraction of sp³-hybridized carbons (Fsp3) is 0.130. The van der Waals surface area contributed by atoms with Crippen LogP contribution in [0.15, 0.2) is 67.1 Å². The number of benzene rings is 2. The molecule has 150 valence electrons. The number of para-hydroxylation sites is 1. The molecule has 0 bridgehead atoms. The van der Waals surface area contributed by atoms with Crippen molar-refractivity contribution in [2.75, 3.05) is 12.3 Å². The van der Waals surface area contributed by atoms with E-state index in [2.05, 4.69) is 32.3 Å². The first kappa shape index (κ1) is 18.2. The Morgan fingerprint density at radius 2 is 1.87 bits per heavy atom. The number of anilines is 1. The number of aromatic nitrogens is 4. The van der Waals surface area contributed by atoms with Crippen LogP contribution in [0.3, 0.4) is 0 Å². The van der Waals surface area contributed by atoms with Gasteiger partial charge in [-0.1, -0.05) is 24.3 Å². The van der Waals surface area contributed by atoms with Gasteiger partial charge in [0.15, 0.2) is 5.82 Å². The molecule has 5 aromatic rings. The minimum Gasteiger partial charge on any atom is -0.490 e. The van der Waals surface area contributed by atoms with Gasteiger partial charge in [0.1, 0.15) is 12.4 Å². The van der Waals surface area contributed by atoms with E-state index in [1.54, 1.807) is 12.4 Å². The van der Waals surface area contributed by atoms with Gasteiger partial charge < -0.3 is 21.2 Å². The van der Waals surface area contributed by atoms with Crippen molar-refractivity contribution in [2.45, 2.75) is 12.5 Å². The van der Waals surface area contributed by atoms with Crippen molar-refractivity contribution in [1.29, 1.82) is 0 Å². The highest BCUT2D eigenvalue weighted by molar-refractivity contribution is 5.92. The molecule has 1 atom stereocenters. The first-order chi connectivity index (χ1) is 14.7. The molecule has 7 heteroatoms. The number of nitrogens with zero attached hydrogens (tertiary/aromatic N) is 2. The molecule has 1 unspecified atom stereocenters. The lowest BCUT2D eigenvalue weighted by Gasteiger charge is -2.13. The van der Waals surface area contributed by atoms with Crippen LogP contribution in [0.25, 0.3) is 32.9 Å². The molecule has 3 aromatic heterocycles. The van der Waals surface area contributed by atoms with Crippen molar-refractivity contribution in [1.82, 2.24) is 20.2 Å². The van der Waals surface area contributed by atoms with Crippen LogP contribution in [0, 0.1) is 0 Å². The van der Waals surface area contributed by atoms with Gasteiger partial charge in [-0.05, 0) is 41.8 Å². The maximum atomic E-state index is 6.34. The summed E-state index contributed by atoms with van der Waals surface area (Å²) in [6.07, 6.45) is 6.25. The molecule has 7 nitrogen and oxygen atoms in total. The number of hydrogen-bond acceptors (Lipinski definition) is 5. The lowest BCUT2D eigenvalue weighted by Crippen LogP contribution is -2.30. The summed E-state index contributed by atoms with van der Waals surface area (Å²) < 4.78 is 5.95. The second-order valence-corrected chi connectivity index (χ2v) is 7.41. The number of nitrogen functional groups attached to an aromatic ring is 1. The molecular formula is C23H22N6O. The maximum Gasteiger partial charge on any atom is 0.153 e. The number of hydrogen-bond donors (Lipinski definition) is 4. The van der Waals surface area contributed by atoms with E-state index < -0.39 is 0 Å². The fourth-order valence-corrected chi connectivity index (χ4v) is 3.71. The largest absolute Gasteiger partial charge is 0.490 e. The number of rotatable bonds is 6. The average molecular weight is 398 g/mol. The standard InChI is InChI=1S/C23H22N6O/c24-17(7-16-11-27-21-4-2-1-3-19(16)21)13-30-18-8-15(10-26-12-18)14-5-6-22-20(9-14)23(25)29-28-22/h1-6,8-12,17,27H,7,13,24H2,(H3,25,28,29). The van der Waals surface area contributed by atoms with Crippen LogP contribution in [0.2, 0.25) is 0 Å². The summed E-state index contributed by atoms with van der Waals surface area (Å²) in [6, 6.07) is 16.0. The number of nitrogens with two attached hydrogens (primary N) is 2. The van der Waals surface area contributed by atoms with E-state index in [1.165, 1.54) is 10.9 Å². The lowest BCUT2D eigenvalue weighted by atomic mass is 10.1. The molecule has 0 spiro atoms. The monoisotopic (exact) mass is 398 g/mol. The second-order valence-electron chi connectivity index (χ2n) is 7.41. The van der Waals surface area contributed by atoms with Crippen molar-refractivity contribution in [3.8, 4) is 16.9 Å². The fourth-order valence-electron chi connectivity index (χ4n) is 3.71. The van der Waals surface area contributed by atoms with E-state index in [-0.39, 0.29) is 6.04 Å². The van der Waals surface area contributed by atoms with E-state index >= 15 is 0 Å². The third-order valence-electron chi connectivity index (χ3n) is 5.26. The van der Waals surface area contributed by atoms with Gasteiger partial charge in [-0.25, -0.2) is 0 Å². The Kier molecular flexibility index (Phi) is 4.57. The van der Waals surface area contributed by atoms with Gasteiger partial charge in [-0.2, -0.15) is 5.10 Å². The van der Waals surface area contributed by atoms with Crippen molar-refractivity contribution >= 4 is 27.6 Å². The molecule has 0 aliphatic carbocycles. The minimum atomic E-state index is -0.130. The molecule has 3 heterocycles. The Labute approximate surface area is 173 Å². The molecule has 0 aliphatic heterocycles. The summed E-state index contributed by atoms with van der Waals surface area (Å²) in [5.41, 5.74) is 17.4. The van der Waals surface area contributed by atoms with Gasteiger partial charge in [-0.15, -0.1) is 0 Å². The molecule has 0 aliphatic rings. The highest BCUT2D eigenvalue weighted by Crippen LogP contribution is 2.28. The molecule has 0 saturated heterocycles. The Balaban J connectivity index is 1.29. The Hall–Kier alpha value is -3.84. The van der Waals surface area contributed by atoms with Crippen molar-refractivity contribution in [3.63, 3.8) is 0 Å². The summed E-state index contributed by atoms with van der Waals surface area (Å²) in [6.45, 7) is 0.401. The summed E-state index contributed by atoms with van der Waals surface area (Å²) >= 11 is 0. The van der Waals surface area contributed by atoms with Gasteiger partial charge in [-0.3, -0.25) is 10.1 Å². The Bertz CT molecular complexity index is 1320. The van der Waals surface area contributed by atoms with E-state index in [4.69, 9.17) is 16.2 Å². The van der Waals surface area contributed by atoms with Gasteiger partial charge in [0, 0.05) is 40.3 Å². The smallest absolute Gasteiger partial charge is 0.153 e. The number of nitrogens with one attached hydrogen (secondary N) is 2. The quantitative estimate of drug-likeness (QED) is 0.348. The van der Waals surface area contributed by atoms with E-state index in [0.29, 0.717) is 18.2 Å². The summed E-state index contributed by atoms with van der Waals surface area (Å²) in [5, 5.41) is 9.04. The second kappa shape index (κ2) is 7.53. The number of ether oxygens (including phenoxy) is 1. The van der Waals surface area contributed by atoms with Crippen molar-refractivity contribution in [3.05, 3.63) is 72.7 Å². The van der Waals surface area contributed by atoms with Gasteiger partial charge >= 0.3 is 0 Å². The molecule has 0 fully saturated rings. The van der Waals surface area contributed by atoms with Crippen molar-refractivity contribution in [2.24, 2.45) is 5.73 Å². The molecule has 0 radical (unpaired) electrons. The van der Waals surface area contributed by atoms with E-state index in [0.717, 1.165) is 34.0 Å². The summed E-state index contributed by atoms with van der Waals surface area (Å²) in [4.78, 5) is 7.61. The molecular weight excluding hydrogens is 376 g/mol. The SMILES string of the molecule is Nc1n[nH]c2ccc(-c3cncc(OCC(N)Cc4c[nH]c5ccccc45)c3)cc12. The zero-order chi connectivity index (χ0) is 20.5. The normalized spacial score (nSPS) is 12.4. The van der Waals surface area contributed by atoms with Crippen molar-refractivity contribution < 1.29 is 4.74 Å². The zero-order valence-electron chi connectivity index (χ0n) is 16.3. The molecule has 5 rings (SSSR count). The first-order valence-electron chi connectivity index (χ1n) is 9.80. The molecule has 0 amide bonds. The number of H-pyrrole nitrogens is 2. The number of pyridine rings is 1. The van der Waals surface area contributed by atoms with E-state index in [1.807, 2.05) is 42.6 Å². The zero-order valence-corrected chi connectivity index (χ0v) is 16.3. The lowest BCUT2D eigenvalue weighted by molar-refractivity contribution is 0.287. The van der Waals surface area contributed by atoms with Crippen LogP contribution in [0.4, 0.5) is 5.82 Å². The third-order valence-corrected chi connectivity index (χ3v) is 5.26. The molecule has 6 N–H and O–H groups in total. The summed E-state index contributed by atoms with van der Waals surface area (Å²) in [7, 11) is 0. The highest BCUT2D eigenvalue weighted by atomic mass is 16.5. The van der Waals surface area contributed by atoms with Crippen LogP contribution < -0.4 is 16.2 Å². The third kappa shape index (κ3) is 3.46. The minimum absolute atomic E-state index is 0.130. The Morgan fingerprint density at radius 1 is 0.967 bits per heavy atom. The van der Waals surface area contributed by atoms with E-state index in [9.17, 15) is 0 Å². The molecule has 2 aromatic carbocycles. The number of aromatic amines is 2. The average Bonchev–Trinajstić information content (AvgIpc) is 3.36. The Morgan fingerprint density at radius 3 is 2.80 bits per heavy atom. The van der Waals surface area contributed by atoms with Crippen LogP contribution >= 0.6 is 0 Å². The van der Waals surface area contributed by atoms with Gasteiger partial charge in [0.25, 0.3) is 0 Å². The van der Waals surface area contributed by atoms with Crippen LogP contribution in [0.1, 0.15) is 5.56 Å². The topological polar surface area (TPSA) is 119 Å². The maximum absolute atomic E-state index is 6.34. The van der Waals surface area contributed by atoms with Crippen LogP contribution in [-0.2, 0) is 6.42 Å². The van der Waals surface area contributed by atoms with Gasteiger partial charge in [0.2, 0.25) is 0 Å². The number of fused-ring (bicyclic) bond motifs is 2. The van der Waals surface area contributed by atoms with Crippen LogP contribution in [0.5, 0.6) is 5.75 Å². The highest BCUT2D eigenvalue weighted by Gasteiger charge is 2.11. The molecule has 0 saturated carbocycles. The van der Waals surface area contributed by atoms with Crippen LogP contribution in [-0.4, -0.2) is 32.8 Å². The first-order valence-corrected chi connectivity index (χ1v) is 9.80. The van der Waals surface area contributed by atoms with Gasteiger partial charge in [0.05, 0.1) is 11.7 Å². The predicted octanol–water partition coefficient (Wildman–Crippen LogP) is 3.64. The molecule has 30 heavy (non-hydrogen) atoms. The summed E-state index contributed by atoms with van der Waals surface area (Å²) in [5.74, 6) is 1.16. The predicted molar refractivity (Wildman–Crippen MR) is 119 cm³/mol.